The number of aromatic nitrogens is 2. The van der Waals surface area contributed by atoms with Crippen molar-refractivity contribution >= 4 is 22.1 Å². The number of fused-ring (bicyclic) bond motifs is 3. The third kappa shape index (κ3) is 1.28. The molecule has 0 spiro atoms. The van der Waals surface area contributed by atoms with Crippen LogP contribution in [0.15, 0.2) is 35.1 Å². The van der Waals surface area contributed by atoms with Gasteiger partial charge in [0, 0.05) is 5.39 Å². The maximum absolute atomic E-state index is 5.66. The molecule has 0 radical (unpaired) electrons. The molecule has 0 aliphatic carbocycles. The number of furan rings is 1. The molecular formula is C13H12N2O. The predicted octanol–water partition coefficient (Wildman–Crippen LogP) is 3.50. The standard InChI is InChI=1S/C13H12N2O/c1-8(2)9-3-4-11-10(5-9)13-12(16-11)6-14-7-15-13/h3-8H,1-2H3. The third-order valence-electron chi connectivity index (χ3n) is 2.82. The summed E-state index contributed by atoms with van der Waals surface area (Å²) in [6.45, 7) is 4.36. The fourth-order valence-electron chi connectivity index (χ4n) is 1.89. The van der Waals surface area contributed by atoms with Crippen LogP contribution < -0.4 is 0 Å². The average Bonchev–Trinajstić information content (AvgIpc) is 2.66. The maximum atomic E-state index is 5.66. The zero-order valence-corrected chi connectivity index (χ0v) is 9.27. The van der Waals surface area contributed by atoms with Crippen molar-refractivity contribution in [2.75, 3.05) is 0 Å². The fraction of sp³-hybridized carbons (Fsp3) is 0.231. The highest BCUT2D eigenvalue weighted by molar-refractivity contribution is 6.02. The smallest absolute Gasteiger partial charge is 0.172 e. The van der Waals surface area contributed by atoms with Crippen LogP contribution in [0.4, 0.5) is 0 Å². The van der Waals surface area contributed by atoms with Crippen molar-refractivity contribution in [3.8, 4) is 0 Å². The average molecular weight is 212 g/mol. The van der Waals surface area contributed by atoms with Crippen LogP contribution in [0, 0.1) is 0 Å². The van der Waals surface area contributed by atoms with E-state index < -0.39 is 0 Å². The van der Waals surface area contributed by atoms with Gasteiger partial charge in [-0.2, -0.15) is 0 Å². The number of rotatable bonds is 1. The predicted molar refractivity (Wildman–Crippen MR) is 63.4 cm³/mol. The van der Waals surface area contributed by atoms with Crippen molar-refractivity contribution in [3.05, 3.63) is 36.3 Å². The molecule has 0 aliphatic heterocycles. The molecule has 0 N–H and O–H groups in total. The summed E-state index contributed by atoms with van der Waals surface area (Å²) in [4.78, 5) is 8.23. The van der Waals surface area contributed by atoms with Gasteiger partial charge in [-0.15, -0.1) is 0 Å². The Morgan fingerprint density at radius 2 is 2.06 bits per heavy atom. The van der Waals surface area contributed by atoms with Gasteiger partial charge in [0.05, 0.1) is 6.20 Å². The van der Waals surface area contributed by atoms with Crippen molar-refractivity contribution in [2.24, 2.45) is 0 Å². The quantitative estimate of drug-likeness (QED) is 0.619. The Labute approximate surface area is 93.1 Å². The zero-order valence-electron chi connectivity index (χ0n) is 9.27. The first-order valence-corrected chi connectivity index (χ1v) is 5.38. The molecule has 16 heavy (non-hydrogen) atoms. The van der Waals surface area contributed by atoms with Crippen molar-refractivity contribution in [1.82, 2.24) is 9.97 Å². The van der Waals surface area contributed by atoms with E-state index in [2.05, 4.69) is 35.9 Å². The summed E-state index contributed by atoms with van der Waals surface area (Å²) in [5, 5.41) is 1.07. The molecule has 2 aromatic heterocycles. The summed E-state index contributed by atoms with van der Waals surface area (Å²) in [5.41, 5.74) is 3.82. The summed E-state index contributed by atoms with van der Waals surface area (Å²) < 4.78 is 5.66. The molecule has 3 heteroatoms. The Balaban J connectivity index is 2.40. The van der Waals surface area contributed by atoms with Crippen molar-refractivity contribution < 1.29 is 4.42 Å². The van der Waals surface area contributed by atoms with E-state index in [1.165, 1.54) is 5.56 Å². The minimum Gasteiger partial charge on any atom is -0.453 e. The normalized spacial score (nSPS) is 11.7. The van der Waals surface area contributed by atoms with Crippen molar-refractivity contribution in [1.29, 1.82) is 0 Å². The third-order valence-corrected chi connectivity index (χ3v) is 2.82. The summed E-state index contributed by atoms with van der Waals surface area (Å²) in [5.74, 6) is 0.510. The molecule has 0 unspecified atom stereocenters. The molecule has 3 nitrogen and oxygen atoms in total. The molecule has 0 fully saturated rings. The lowest BCUT2D eigenvalue weighted by Gasteiger charge is -2.03. The van der Waals surface area contributed by atoms with Crippen LogP contribution in [-0.4, -0.2) is 9.97 Å². The SMILES string of the molecule is CC(C)c1ccc2oc3cncnc3c2c1. The highest BCUT2D eigenvalue weighted by atomic mass is 16.3. The van der Waals surface area contributed by atoms with Crippen molar-refractivity contribution in [2.45, 2.75) is 19.8 Å². The first-order chi connectivity index (χ1) is 7.75. The number of hydrogen-bond acceptors (Lipinski definition) is 3. The summed E-state index contributed by atoms with van der Waals surface area (Å²) in [7, 11) is 0. The Morgan fingerprint density at radius 1 is 1.19 bits per heavy atom. The largest absolute Gasteiger partial charge is 0.453 e. The van der Waals surface area contributed by atoms with Crippen LogP contribution in [0.25, 0.3) is 22.1 Å². The second-order valence-corrected chi connectivity index (χ2v) is 4.25. The van der Waals surface area contributed by atoms with Gasteiger partial charge >= 0.3 is 0 Å². The number of benzene rings is 1. The van der Waals surface area contributed by atoms with Gasteiger partial charge in [-0.05, 0) is 23.6 Å². The van der Waals surface area contributed by atoms with Crippen LogP contribution >= 0.6 is 0 Å². The molecule has 1 aromatic carbocycles. The van der Waals surface area contributed by atoms with Gasteiger partial charge in [-0.3, -0.25) is 0 Å². The maximum Gasteiger partial charge on any atom is 0.172 e. The van der Waals surface area contributed by atoms with E-state index in [1.807, 2.05) is 6.07 Å². The van der Waals surface area contributed by atoms with Crippen LogP contribution in [0.5, 0.6) is 0 Å². The highest BCUT2D eigenvalue weighted by Crippen LogP contribution is 2.28. The molecule has 0 saturated heterocycles. The van der Waals surface area contributed by atoms with E-state index in [4.69, 9.17) is 4.42 Å². The van der Waals surface area contributed by atoms with Crippen LogP contribution in [0.1, 0.15) is 25.3 Å². The minimum atomic E-state index is 0.510. The topological polar surface area (TPSA) is 38.9 Å². The number of hydrogen-bond donors (Lipinski definition) is 0. The van der Waals surface area contributed by atoms with E-state index >= 15 is 0 Å². The first kappa shape index (κ1) is 9.33. The Morgan fingerprint density at radius 3 is 2.88 bits per heavy atom. The molecule has 0 bridgehead atoms. The van der Waals surface area contributed by atoms with Gasteiger partial charge < -0.3 is 4.42 Å². The fourth-order valence-corrected chi connectivity index (χ4v) is 1.89. The van der Waals surface area contributed by atoms with Gasteiger partial charge in [0.2, 0.25) is 0 Å². The number of nitrogens with zero attached hydrogens (tertiary/aromatic N) is 2. The van der Waals surface area contributed by atoms with E-state index in [0.717, 1.165) is 22.1 Å². The van der Waals surface area contributed by atoms with Gasteiger partial charge in [-0.25, -0.2) is 9.97 Å². The van der Waals surface area contributed by atoms with Gasteiger partial charge in [0.25, 0.3) is 0 Å². The van der Waals surface area contributed by atoms with Crippen molar-refractivity contribution in [3.63, 3.8) is 0 Å². The van der Waals surface area contributed by atoms with E-state index in [-0.39, 0.29) is 0 Å². The van der Waals surface area contributed by atoms with E-state index in [0.29, 0.717) is 5.92 Å². The lowest BCUT2D eigenvalue weighted by atomic mass is 10.0. The molecule has 80 valence electrons. The molecule has 0 amide bonds. The Hall–Kier alpha value is -1.90. The lowest BCUT2D eigenvalue weighted by Crippen LogP contribution is -1.85. The van der Waals surface area contributed by atoms with E-state index in [9.17, 15) is 0 Å². The lowest BCUT2D eigenvalue weighted by molar-refractivity contribution is 0.665. The minimum absolute atomic E-state index is 0.510. The second-order valence-electron chi connectivity index (χ2n) is 4.25. The second kappa shape index (κ2) is 3.30. The Bertz CT molecular complexity index is 655. The monoisotopic (exact) mass is 212 g/mol. The Kier molecular flexibility index (Phi) is 1.93. The van der Waals surface area contributed by atoms with Gasteiger partial charge in [0.1, 0.15) is 17.4 Å². The molecule has 2 heterocycles. The molecule has 3 rings (SSSR count). The summed E-state index contributed by atoms with van der Waals surface area (Å²) in [6, 6.07) is 6.26. The van der Waals surface area contributed by atoms with Crippen LogP contribution in [0.2, 0.25) is 0 Å². The summed E-state index contributed by atoms with van der Waals surface area (Å²) >= 11 is 0. The first-order valence-electron chi connectivity index (χ1n) is 5.38. The molecule has 0 atom stereocenters. The van der Waals surface area contributed by atoms with Crippen LogP contribution in [0.3, 0.4) is 0 Å². The molecular weight excluding hydrogens is 200 g/mol. The highest BCUT2D eigenvalue weighted by Gasteiger charge is 2.09. The van der Waals surface area contributed by atoms with Gasteiger partial charge in [0.15, 0.2) is 5.58 Å². The molecule has 0 saturated carbocycles. The van der Waals surface area contributed by atoms with E-state index in [1.54, 1.807) is 12.5 Å². The van der Waals surface area contributed by atoms with Gasteiger partial charge in [-0.1, -0.05) is 19.9 Å². The summed E-state index contributed by atoms with van der Waals surface area (Å²) in [6.07, 6.45) is 3.26. The molecule has 0 aliphatic rings. The zero-order chi connectivity index (χ0) is 11.1. The van der Waals surface area contributed by atoms with Crippen LogP contribution in [-0.2, 0) is 0 Å². The molecule has 3 aromatic rings.